The molecular weight excluding hydrogens is 481 g/mol. The van der Waals surface area contributed by atoms with Gasteiger partial charge in [0.05, 0.1) is 32.2 Å². The number of carbonyl (C=O) groups excluding carboxylic acids is 1. The van der Waals surface area contributed by atoms with Crippen molar-refractivity contribution in [2.45, 2.75) is 37.9 Å². The third-order valence-electron chi connectivity index (χ3n) is 6.91. The van der Waals surface area contributed by atoms with Gasteiger partial charge in [-0.1, -0.05) is 42.5 Å². The van der Waals surface area contributed by atoms with Crippen molar-refractivity contribution in [3.8, 4) is 11.5 Å². The topological polar surface area (TPSA) is 42.0 Å². The number of ether oxygens (including phenoxy) is 2. The Morgan fingerprint density at radius 1 is 0.973 bits per heavy atom. The van der Waals surface area contributed by atoms with Crippen LogP contribution in [0.1, 0.15) is 40.3 Å². The van der Waals surface area contributed by atoms with Gasteiger partial charge in [-0.3, -0.25) is 9.80 Å². The first-order chi connectivity index (χ1) is 17.7. The molecule has 4 rings (SSSR count). The number of carbonyl (C=O) groups is 1. The summed E-state index contributed by atoms with van der Waals surface area (Å²) in [5, 5.41) is 3.74. The van der Waals surface area contributed by atoms with Crippen molar-refractivity contribution in [3.63, 3.8) is 0 Å². The Morgan fingerprint density at radius 2 is 1.62 bits per heavy atom. The summed E-state index contributed by atoms with van der Waals surface area (Å²) in [6.45, 7) is 0.622. The Morgan fingerprint density at radius 3 is 2.24 bits per heavy atom. The molecule has 8 heteroatoms. The first kappa shape index (κ1) is 26.5. The lowest BCUT2D eigenvalue weighted by Gasteiger charge is -2.42. The fraction of sp³-hybridized carbons (Fsp3) is 0.345. The SMILES string of the molecule is COc1cc2c(cc1OC)[C@H](CCc1ccc(C(F)(F)F)cc1)N(N(C)C(=O)Cc1ccccc1)CC2. The van der Waals surface area contributed by atoms with Gasteiger partial charge >= 0.3 is 6.18 Å². The average molecular weight is 513 g/mol. The lowest BCUT2D eigenvalue weighted by Crippen LogP contribution is -2.49. The minimum Gasteiger partial charge on any atom is -0.493 e. The maximum Gasteiger partial charge on any atom is 0.416 e. The van der Waals surface area contributed by atoms with Gasteiger partial charge in [-0.25, -0.2) is 5.01 Å². The number of rotatable bonds is 8. The number of alkyl halides is 3. The molecule has 3 aromatic rings. The molecule has 1 aliphatic rings. The Bertz CT molecular complexity index is 1210. The van der Waals surface area contributed by atoms with Crippen molar-refractivity contribution in [2.24, 2.45) is 0 Å². The maximum absolute atomic E-state index is 13.2. The summed E-state index contributed by atoms with van der Waals surface area (Å²) < 4.78 is 50.0. The Kier molecular flexibility index (Phi) is 8.07. The van der Waals surface area contributed by atoms with E-state index in [0.717, 1.165) is 40.8 Å². The standard InChI is InChI=1S/C29H31F3N2O3/c1-33(28(35)17-21-7-5-4-6-8-21)34-16-15-22-18-26(36-2)27(37-3)19-24(22)25(34)14-11-20-9-12-23(13-10-20)29(30,31)32/h4-10,12-13,18-19,25H,11,14-17H2,1-3H3/t25-/m0/s1. The molecular formula is C29H31F3N2O3. The van der Waals surface area contributed by atoms with E-state index in [4.69, 9.17) is 9.47 Å². The second-order valence-electron chi connectivity index (χ2n) is 9.15. The molecule has 3 aromatic carbocycles. The summed E-state index contributed by atoms with van der Waals surface area (Å²) in [4.78, 5) is 13.2. The quantitative estimate of drug-likeness (QED) is 0.379. The van der Waals surface area contributed by atoms with Crippen LogP contribution in [0.15, 0.2) is 66.7 Å². The summed E-state index contributed by atoms with van der Waals surface area (Å²) in [7, 11) is 4.96. The van der Waals surface area contributed by atoms with Crippen LogP contribution in [0.5, 0.6) is 11.5 Å². The highest BCUT2D eigenvalue weighted by atomic mass is 19.4. The Hall–Kier alpha value is -3.52. The lowest BCUT2D eigenvalue weighted by atomic mass is 9.89. The first-order valence-corrected chi connectivity index (χ1v) is 12.2. The Labute approximate surface area is 215 Å². The van der Waals surface area contributed by atoms with Crippen LogP contribution in [0.25, 0.3) is 0 Å². The van der Waals surface area contributed by atoms with Gasteiger partial charge in [0.15, 0.2) is 11.5 Å². The van der Waals surface area contributed by atoms with Crippen molar-refractivity contribution in [2.75, 3.05) is 27.8 Å². The number of nitrogens with zero attached hydrogens (tertiary/aromatic N) is 2. The van der Waals surface area contributed by atoms with Crippen molar-refractivity contribution in [3.05, 3.63) is 94.5 Å². The Balaban J connectivity index is 1.61. The van der Waals surface area contributed by atoms with Crippen LogP contribution in [0.4, 0.5) is 13.2 Å². The van der Waals surface area contributed by atoms with Crippen molar-refractivity contribution < 1.29 is 27.4 Å². The predicted octanol–water partition coefficient (Wildman–Crippen LogP) is 5.87. The zero-order chi connectivity index (χ0) is 26.6. The second-order valence-corrected chi connectivity index (χ2v) is 9.15. The van der Waals surface area contributed by atoms with Gasteiger partial charge < -0.3 is 9.47 Å². The van der Waals surface area contributed by atoms with Crippen LogP contribution in [-0.2, 0) is 30.2 Å². The van der Waals surface area contributed by atoms with Crippen LogP contribution in [0.2, 0.25) is 0 Å². The monoisotopic (exact) mass is 512 g/mol. The molecule has 0 aliphatic carbocycles. The van der Waals surface area contributed by atoms with E-state index in [9.17, 15) is 18.0 Å². The fourth-order valence-electron chi connectivity index (χ4n) is 4.87. The molecule has 1 amide bonds. The van der Waals surface area contributed by atoms with Gasteiger partial charge in [-0.05, 0) is 65.8 Å². The normalized spacial score (nSPS) is 15.7. The zero-order valence-electron chi connectivity index (χ0n) is 21.2. The molecule has 0 aromatic heterocycles. The van der Waals surface area contributed by atoms with Crippen molar-refractivity contribution in [1.82, 2.24) is 10.0 Å². The van der Waals surface area contributed by atoms with Crippen LogP contribution < -0.4 is 9.47 Å². The molecule has 0 saturated carbocycles. The molecule has 0 saturated heterocycles. The van der Waals surface area contributed by atoms with Crippen LogP contribution in [0, 0.1) is 0 Å². The van der Waals surface area contributed by atoms with Crippen LogP contribution >= 0.6 is 0 Å². The van der Waals surface area contributed by atoms with Gasteiger partial charge in [-0.2, -0.15) is 13.2 Å². The van der Waals surface area contributed by atoms with E-state index < -0.39 is 11.7 Å². The van der Waals surface area contributed by atoms with E-state index in [2.05, 4.69) is 5.01 Å². The van der Waals surface area contributed by atoms with Crippen molar-refractivity contribution >= 4 is 5.91 Å². The molecule has 196 valence electrons. The smallest absolute Gasteiger partial charge is 0.416 e. The molecule has 1 atom stereocenters. The summed E-state index contributed by atoms with van der Waals surface area (Å²) in [5.41, 5.74) is 3.21. The highest BCUT2D eigenvalue weighted by molar-refractivity contribution is 5.78. The van der Waals surface area contributed by atoms with Gasteiger partial charge in [-0.15, -0.1) is 0 Å². The number of aryl methyl sites for hydroxylation is 1. The van der Waals surface area contributed by atoms with Gasteiger partial charge in [0.25, 0.3) is 0 Å². The molecule has 1 heterocycles. The third kappa shape index (κ3) is 6.07. The largest absolute Gasteiger partial charge is 0.493 e. The molecule has 0 N–H and O–H groups in total. The molecule has 5 nitrogen and oxygen atoms in total. The van der Waals surface area contributed by atoms with Crippen molar-refractivity contribution in [1.29, 1.82) is 0 Å². The number of amides is 1. The average Bonchev–Trinajstić information content (AvgIpc) is 2.90. The number of hydrazine groups is 1. The summed E-state index contributed by atoms with van der Waals surface area (Å²) in [5.74, 6) is 1.21. The number of methoxy groups -OCH3 is 2. The minimum atomic E-state index is -4.37. The van der Waals surface area contributed by atoms with Gasteiger partial charge in [0, 0.05) is 13.6 Å². The lowest BCUT2D eigenvalue weighted by molar-refractivity contribution is -0.150. The van der Waals surface area contributed by atoms with E-state index in [-0.39, 0.29) is 18.4 Å². The highest BCUT2D eigenvalue weighted by Crippen LogP contribution is 2.40. The number of hydrogen-bond donors (Lipinski definition) is 0. The minimum absolute atomic E-state index is 0.0327. The maximum atomic E-state index is 13.2. The number of benzene rings is 3. The molecule has 1 aliphatic heterocycles. The van der Waals surface area contributed by atoms with E-state index in [0.29, 0.717) is 30.9 Å². The van der Waals surface area contributed by atoms with Gasteiger partial charge in [0.1, 0.15) is 0 Å². The molecule has 0 radical (unpaired) electrons. The molecule has 0 fully saturated rings. The van der Waals surface area contributed by atoms with E-state index in [1.807, 2.05) is 42.5 Å². The highest BCUT2D eigenvalue weighted by Gasteiger charge is 2.33. The predicted molar refractivity (Wildman–Crippen MR) is 135 cm³/mol. The third-order valence-corrected chi connectivity index (χ3v) is 6.91. The molecule has 0 unspecified atom stereocenters. The van der Waals surface area contributed by atoms with E-state index in [1.165, 1.54) is 12.1 Å². The summed E-state index contributed by atoms with van der Waals surface area (Å²) in [6.07, 6.45) is -2.21. The fourth-order valence-corrected chi connectivity index (χ4v) is 4.87. The first-order valence-electron chi connectivity index (χ1n) is 12.2. The number of halogens is 3. The van der Waals surface area contributed by atoms with Crippen LogP contribution in [-0.4, -0.2) is 43.7 Å². The van der Waals surface area contributed by atoms with Gasteiger partial charge in [0.2, 0.25) is 5.91 Å². The van der Waals surface area contributed by atoms with Crippen LogP contribution in [0.3, 0.4) is 0 Å². The number of hydrogen-bond acceptors (Lipinski definition) is 4. The van der Waals surface area contributed by atoms with E-state index >= 15 is 0 Å². The molecule has 0 bridgehead atoms. The molecule has 37 heavy (non-hydrogen) atoms. The summed E-state index contributed by atoms with van der Waals surface area (Å²) in [6, 6.07) is 18.6. The number of likely N-dealkylation sites (N-methyl/N-ethyl adjacent to an activating group) is 1. The number of fused-ring (bicyclic) bond motifs is 1. The zero-order valence-corrected chi connectivity index (χ0v) is 21.2. The second kappa shape index (κ2) is 11.3. The summed E-state index contributed by atoms with van der Waals surface area (Å²) >= 11 is 0. The molecule has 0 spiro atoms. The van der Waals surface area contributed by atoms with E-state index in [1.54, 1.807) is 26.3 Å².